The van der Waals surface area contributed by atoms with E-state index in [9.17, 15) is 19.4 Å². The van der Waals surface area contributed by atoms with E-state index in [-0.39, 0.29) is 33.6 Å². The zero-order valence-electron chi connectivity index (χ0n) is 9.99. The molecule has 0 unspecified atom stereocenters. The normalized spacial score (nSPS) is 12.6. The van der Waals surface area contributed by atoms with Crippen LogP contribution in [-0.4, -0.2) is 11.6 Å². The number of carbonyl (C=O) groups excluding carboxylic acids is 2. The van der Waals surface area contributed by atoms with E-state index in [2.05, 4.69) is 10.4 Å². The fourth-order valence-electron chi connectivity index (χ4n) is 2.36. The largest absolute Gasteiger partial charge is 0.288 e. The molecular formula is C14H6N2O4. The van der Waals surface area contributed by atoms with Gasteiger partial charge in [-0.25, -0.2) is 0 Å². The zero-order chi connectivity index (χ0) is 14.3. The summed E-state index contributed by atoms with van der Waals surface area (Å²) in [5.41, 5.74) is -0.0931. The highest BCUT2D eigenvalue weighted by molar-refractivity contribution is 6.31. The Morgan fingerprint density at radius 1 is 0.650 bits per heavy atom. The monoisotopic (exact) mass is 266 g/mol. The third-order valence-electron chi connectivity index (χ3n) is 3.22. The number of benzene rings is 2. The Balaban J connectivity index is 2.39. The quantitative estimate of drug-likeness (QED) is 0.665. The van der Waals surface area contributed by atoms with Gasteiger partial charge in [0.05, 0.1) is 11.1 Å². The number of ketones is 2. The molecule has 0 fully saturated rings. The molecule has 0 atom stereocenters. The Morgan fingerprint density at radius 2 is 1.05 bits per heavy atom. The molecule has 0 radical (unpaired) electrons. The van der Waals surface area contributed by atoms with E-state index in [0.717, 1.165) is 0 Å². The molecule has 20 heavy (non-hydrogen) atoms. The second-order valence-electron chi connectivity index (χ2n) is 4.24. The van der Waals surface area contributed by atoms with Gasteiger partial charge in [-0.2, -0.15) is 0 Å². The van der Waals surface area contributed by atoms with Gasteiger partial charge in [0.15, 0.2) is 11.6 Å². The first-order valence-electron chi connectivity index (χ1n) is 5.71. The Kier molecular flexibility index (Phi) is 2.57. The highest BCUT2D eigenvalue weighted by Gasteiger charge is 2.34. The molecule has 2 aromatic carbocycles. The van der Waals surface area contributed by atoms with Crippen molar-refractivity contribution < 1.29 is 9.59 Å². The number of rotatable bonds is 2. The van der Waals surface area contributed by atoms with Crippen LogP contribution in [0.5, 0.6) is 0 Å². The van der Waals surface area contributed by atoms with Gasteiger partial charge in [0.2, 0.25) is 0 Å². The first-order chi connectivity index (χ1) is 9.69. The van der Waals surface area contributed by atoms with Gasteiger partial charge in [0.1, 0.15) is 11.4 Å². The average Bonchev–Trinajstić information content (AvgIpc) is 2.50. The van der Waals surface area contributed by atoms with E-state index < -0.39 is 11.6 Å². The van der Waals surface area contributed by atoms with Crippen molar-refractivity contribution in [1.82, 2.24) is 0 Å². The second-order valence-corrected chi connectivity index (χ2v) is 4.24. The van der Waals surface area contributed by atoms with Crippen molar-refractivity contribution in [1.29, 1.82) is 0 Å². The Bertz CT molecular complexity index is 728. The number of fused-ring (bicyclic) bond motifs is 2. The molecule has 6 nitrogen and oxygen atoms in total. The number of nitrogens with zero attached hydrogens (tertiary/aromatic N) is 2. The number of hydrogen-bond donors (Lipinski definition) is 0. The number of nitroso groups, excluding NO2 is 2. The van der Waals surface area contributed by atoms with Gasteiger partial charge in [0.25, 0.3) is 0 Å². The first kappa shape index (κ1) is 12.0. The lowest BCUT2D eigenvalue weighted by atomic mass is 9.82. The molecule has 2 aromatic rings. The number of carbonyl (C=O) groups is 2. The summed E-state index contributed by atoms with van der Waals surface area (Å²) in [6.45, 7) is 0. The molecule has 0 saturated heterocycles. The van der Waals surface area contributed by atoms with Gasteiger partial charge in [-0.3, -0.25) is 9.59 Å². The lowest BCUT2D eigenvalue weighted by Crippen LogP contribution is -2.21. The minimum absolute atomic E-state index is 0.0250. The molecule has 0 aromatic heterocycles. The average molecular weight is 266 g/mol. The molecule has 6 heteroatoms. The van der Waals surface area contributed by atoms with Gasteiger partial charge in [-0.05, 0) is 22.5 Å². The molecule has 0 heterocycles. The highest BCUT2D eigenvalue weighted by atomic mass is 16.3. The molecule has 0 spiro atoms. The molecule has 0 N–H and O–H groups in total. The maximum atomic E-state index is 12.4. The van der Waals surface area contributed by atoms with Gasteiger partial charge >= 0.3 is 0 Å². The molecule has 1 aliphatic carbocycles. The molecule has 3 rings (SSSR count). The summed E-state index contributed by atoms with van der Waals surface area (Å²) < 4.78 is 0. The molecular weight excluding hydrogens is 260 g/mol. The van der Waals surface area contributed by atoms with E-state index in [1.807, 2.05) is 0 Å². The lowest BCUT2D eigenvalue weighted by Gasteiger charge is -2.18. The van der Waals surface area contributed by atoms with E-state index in [1.165, 1.54) is 36.4 Å². The van der Waals surface area contributed by atoms with Crippen molar-refractivity contribution in [3.8, 4) is 0 Å². The van der Waals surface area contributed by atoms with Crippen LogP contribution in [0, 0.1) is 9.81 Å². The van der Waals surface area contributed by atoms with Crippen molar-refractivity contribution in [2.45, 2.75) is 0 Å². The van der Waals surface area contributed by atoms with Crippen LogP contribution in [0.1, 0.15) is 31.8 Å². The first-order valence-corrected chi connectivity index (χ1v) is 5.71. The highest BCUT2D eigenvalue weighted by Crippen LogP contribution is 2.36. The van der Waals surface area contributed by atoms with Crippen LogP contribution in [-0.2, 0) is 0 Å². The summed E-state index contributed by atoms with van der Waals surface area (Å²) >= 11 is 0. The predicted molar refractivity (Wildman–Crippen MR) is 70.7 cm³/mol. The predicted octanol–water partition coefficient (Wildman–Crippen LogP) is 3.26. The Hall–Kier alpha value is -3.02. The molecule has 0 saturated carbocycles. The van der Waals surface area contributed by atoms with Crippen LogP contribution in [0.3, 0.4) is 0 Å². The maximum absolute atomic E-state index is 12.4. The molecule has 0 aliphatic heterocycles. The summed E-state index contributed by atoms with van der Waals surface area (Å²) in [7, 11) is 0. The SMILES string of the molecule is O=Nc1cccc2c1C(=O)c1cccc(N=O)c1C2=O. The summed E-state index contributed by atoms with van der Waals surface area (Å²) in [6, 6.07) is 8.50. The van der Waals surface area contributed by atoms with Crippen molar-refractivity contribution >= 4 is 22.9 Å². The summed E-state index contributed by atoms with van der Waals surface area (Å²) in [6.07, 6.45) is 0. The van der Waals surface area contributed by atoms with Crippen molar-refractivity contribution in [3.05, 3.63) is 68.5 Å². The van der Waals surface area contributed by atoms with Crippen LogP contribution >= 0.6 is 0 Å². The van der Waals surface area contributed by atoms with Gasteiger partial charge < -0.3 is 0 Å². The third kappa shape index (κ3) is 1.45. The van der Waals surface area contributed by atoms with E-state index >= 15 is 0 Å². The fourth-order valence-corrected chi connectivity index (χ4v) is 2.36. The molecule has 96 valence electrons. The summed E-state index contributed by atoms with van der Waals surface area (Å²) in [4.78, 5) is 46.4. The molecule has 0 bridgehead atoms. The minimum atomic E-state index is -0.504. The van der Waals surface area contributed by atoms with Crippen LogP contribution in [0.4, 0.5) is 11.4 Å². The van der Waals surface area contributed by atoms with Gasteiger partial charge in [-0.1, -0.05) is 24.3 Å². The van der Waals surface area contributed by atoms with E-state index in [0.29, 0.717) is 0 Å². The van der Waals surface area contributed by atoms with Crippen LogP contribution in [0.15, 0.2) is 46.8 Å². The van der Waals surface area contributed by atoms with Gasteiger partial charge in [-0.15, -0.1) is 9.81 Å². The van der Waals surface area contributed by atoms with Crippen molar-refractivity contribution in [2.24, 2.45) is 10.4 Å². The fraction of sp³-hybridized carbons (Fsp3) is 0. The van der Waals surface area contributed by atoms with Crippen molar-refractivity contribution in [3.63, 3.8) is 0 Å². The van der Waals surface area contributed by atoms with Crippen LogP contribution in [0.25, 0.3) is 0 Å². The maximum Gasteiger partial charge on any atom is 0.196 e. The van der Waals surface area contributed by atoms with Crippen LogP contribution in [0.2, 0.25) is 0 Å². The standard InChI is InChI=1S/C14H6N2O4/c17-13-7-3-1-5-9(15-19)11(7)14(18)8-4-2-6-10(16-20)12(8)13/h1-6H. The smallest absolute Gasteiger partial charge is 0.196 e. The van der Waals surface area contributed by atoms with Crippen molar-refractivity contribution in [2.75, 3.05) is 0 Å². The Labute approximate surface area is 112 Å². The summed E-state index contributed by atoms with van der Waals surface area (Å²) in [5, 5.41) is 5.55. The second kappa shape index (κ2) is 4.27. The summed E-state index contributed by atoms with van der Waals surface area (Å²) in [5.74, 6) is -1.01. The minimum Gasteiger partial charge on any atom is -0.288 e. The third-order valence-corrected chi connectivity index (χ3v) is 3.22. The van der Waals surface area contributed by atoms with Gasteiger partial charge in [0, 0.05) is 11.1 Å². The lowest BCUT2D eigenvalue weighted by molar-refractivity contribution is 0.0980. The topological polar surface area (TPSA) is 93.0 Å². The zero-order valence-corrected chi connectivity index (χ0v) is 9.99. The molecule has 1 aliphatic rings. The van der Waals surface area contributed by atoms with Crippen LogP contribution < -0.4 is 0 Å². The Morgan fingerprint density at radius 3 is 1.40 bits per heavy atom. The molecule has 0 amide bonds. The number of hydrogen-bond acceptors (Lipinski definition) is 6. The van der Waals surface area contributed by atoms with E-state index in [1.54, 1.807) is 0 Å². The van der Waals surface area contributed by atoms with E-state index in [4.69, 9.17) is 0 Å².